The Labute approximate surface area is 148 Å². The van der Waals surface area contributed by atoms with E-state index in [1.165, 1.54) is 0 Å². The van der Waals surface area contributed by atoms with Gasteiger partial charge in [-0.05, 0) is 18.9 Å². The quantitative estimate of drug-likeness (QED) is 0.842. The van der Waals surface area contributed by atoms with E-state index in [0.29, 0.717) is 15.7 Å². The zero-order valence-corrected chi connectivity index (χ0v) is 14.3. The Balaban J connectivity index is 1.69. The summed E-state index contributed by atoms with van der Waals surface area (Å²) >= 11 is 12.1. The van der Waals surface area contributed by atoms with E-state index in [1.807, 2.05) is 0 Å². The van der Waals surface area contributed by atoms with Gasteiger partial charge in [0, 0.05) is 18.4 Å². The molecule has 2 unspecified atom stereocenters. The molecule has 8 heteroatoms. The highest BCUT2D eigenvalue weighted by molar-refractivity contribution is 6.36. The number of rotatable bonds is 1. The van der Waals surface area contributed by atoms with E-state index in [9.17, 15) is 9.59 Å². The standard InChI is InChI=1S/C16H16Cl2N4O2/c17-9-5-10(18)15-20-12(7-21(15)6-9)16(24)22-8-14(23)19-11-3-1-2-4-13(11)22/h5-7,11,13H,1-4,8H2,(H,19,23). The van der Waals surface area contributed by atoms with E-state index in [-0.39, 0.29) is 36.1 Å². The van der Waals surface area contributed by atoms with Crippen LogP contribution in [0.1, 0.15) is 36.2 Å². The lowest BCUT2D eigenvalue weighted by Crippen LogP contribution is -2.62. The Hall–Kier alpha value is -1.79. The number of imidazole rings is 1. The third kappa shape index (κ3) is 2.63. The minimum atomic E-state index is -0.238. The summed E-state index contributed by atoms with van der Waals surface area (Å²) in [6.45, 7) is 0.0718. The molecular formula is C16H16Cl2N4O2. The molecule has 1 aliphatic carbocycles. The van der Waals surface area contributed by atoms with Crippen molar-refractivity contribution in [3.05, 3.63) is 34.2 Å². The molecule has 0 spiro atoms. The first-order chi connectivity index (χ1) is 11.5. The van der Waals surface area contributed by atoms with Crippen LogP contribution in [0.4, 0.5) is 0 Å². The second-order valence-electron chi connectivity index (χ2n) is 6.32. The Kier molecular flexibility index (Phi) is 3.89. The van der Waals surface area contributed by atoms with Crippen molar-refractivity contribution in [1.29, 1.82) is 0 Å². The van der Waals surface area contributed by atoms with Crippen molar-refractivity contribution in [2.24, 2.45) is 0 Å². The molecule has 2 fully saturated rings. The Morgan fingerprint density at radius 3 is 2.88 bits per heavy atom. The van der Waals surface area contributed by atoms with Gasteiger partial charge in [-0.1, -0.05) is 36.0 Å². The van der Waals surface area contributed by atoms with Crippen LogP contribution in [0, 0.1) is 0 Å². The van der Waals surface area contributed by atoms with Crippen molar-refractivity contribution in [2.75, 3.05) is 6.54 Å². The van der Waals surface area contributed by atoms with Crippen LogP contribution >= 0.6 is 23.2 Å². The van der Waals surface area contributed by atoms with Gasteiger partial charge in [-0.25, -0.2) is 4.98 Å². The largest absolute Gasteiger partial charge is 0.350 e. The molecule has 24 heavy (non-hydrogen) atoms. The second-order valence-corrected chi connectivity index (χ2v) is 7.17. The highest BCUT2D eigenvalue weighted by Gasteiger charge is 2.39. The SMILES string of the molecule is O=C1CN(C(=O)c2cn3cc(Cl)cc(Cl)c3n2)C2CCCCC2N1. The molecule has 1 N–H and O–H groups in total. The molecule has 1 saturated carbocycles. The molecule has 0 aromatic carbocycles. The minimum Gasteiger partial charge on any atom is -0.350 e. The van der Waals surface area contributed by atoms with Gasteiger partial charge in [-0.2, -0.15) is 0 Å². The van der Waals surface area contributed by atoms with Crippen LogP contribution in [-0.4, -0.2) is 44.7 Å². The number of nitrogens with one attached hydrogen (secondary N) is 1. The molecule has 0 bridgehead atoms. The van der Waals surface area contributed by atoms with E-state index in [1.54, 1.807) is 27.8 Å². The van der Waals surface area contributed by atoms with Gasteiger partial charge in [-0.15, -0.1) is 0 Å². The van der Waals surface area contributed by atoms with E-state index in [4.69, 9.17) is 23.2 Å². The highest BCUT2D eigenvalue weighted by Crippen LogP contribution is 2.28. The van der Waals surface area contributed by atoms with Crippen LogP contribution in [0.5, 0.6) is 0 Å². The number of hydrogen-bond donors (Lipinski definition) is 1. The van der Waals surface area contributed by atoms with Crippen LogP contribution in [0.25, 0.3) is 5.65 Å². The number of amides is 2. The van der Waals surface area contributed by atoms with Crippen molar-refractivity contribution < 1.29 is 9.59 Å². The van der Waals surface area contributed by atoms with E-state index in [0.717, 1.165) is 25.7 Å². The summed E-state index contributed by atoms with van der Waals surface area (Å²) in [4.78, 5) is 30.9. The molecular weight excluding hydrogens is 351 g/mol. The van der Waals surface area contributed by atoms with Crippen molar-refractivity contribution in [3.8, 4) is 0 Å². The monoisotopic (exact) mass is 366 g/mol. The van der Waals surface area contributed by atoms with E-state index >= 15 is 0 Å². The zero-order valence-electron chi connectivity index (χ0n) is 12.8. The predicted octanol–water partition coefficient (Wildman–Crippen LogP) is 2.52. The van der Waals surface area contributed by atoms with Crippen LogP contribution < -0.4 is 5.32 Å². The number of halogens is 2. The van der Waals surface area contributed by atoms with Gasteiger partial charge in [0.1, 0.15) is 12.2 Å². The molecule has 2 atom stereocenters. The fourth-order valence-electron chi connectivity index (χ4n) is 3.67. The highest BCUT2D eigenvalue weighted by atomic mass is 35.5. The summed E-state index contributed by atoms with van der Waals surface area (Å²) in [7, 11) is 0. The number of carbonyl (C=O) groups excluding carboxylic acids is 2. The van der Waals surface area contributed by atoms with Crippen LogP contribution in [0.2, 0.25) is 10.0 Å². The summed E-state index contributed by atoms with van der Waals surface area (Å²) < 4.78 is 1.64. The number of pyridine rings is 1. The lowest BCUT2D eigenvalue weighted by molar-refractivity contribution is -0.127. The molecule has 0 radical (unpaired) electrons. The minimum absolute atomic E-state index is 0.0350. The Morgan fingerprint density at radius 1 is 1.25 bits per heavy atom. The third-order valence-electron chi connectivity index (χ3n) is 4.74. The number of aromatic nitrogens is 2. The topological polar surface area (TPSA) is 66.7 Å². The maximum absolute atomic E-state index is 13.0. The Bertz CT molecular complexity index is 835. The number of hydrogen-bond acceptors (Lipinski definition) is 3. The summed E-state index contributed by atoms with van der Waals surface area (Å²) in [5.41, 5.74) is 0.754. The lowest BCUT2D eigenvalue weighted by atomic mass is 9.87. The number of carbonyl (C=O) groups is 2. The van der Waals surface area contributed by atoms with Gasteiger partial charge in [-0.3, -0.25) is 9.59 Å². The molecule has 126 valence electrons. The average Bonchev–Trinajstić information content (AvgIpc) is 2.97. The van der Waals surface area contributed by atoms with Crippen molar-refractivity contribution in [3.63, 3.8) is 0 Å². The predicted molar refractivity (Wildman–Crippen MR) is 90.4 cm³/mol. The van der Waals surface area contributed by atoms with Crippen LogP contribution in [0.3, 0.4) is 0 Å². The van der Waals surface area contributed by atoms with Gasteiger partial charge in [0.05, 0.1) is 16.1 Å². The van der Waals surface area contributed by atoms with Crippen LogP contribution in [-0.2, 0) is 4.79 Å². The van der Waals surface area contributed by atoms with Crippen molar-refractivity contribution >= 4 is 40.7 Å². The maximum atomic E-state index is 13.0. The van der Waals surface area contributed by atoms with Gasteiger partial charge in [0.2, 0.25) is 5.91 Å². The molecule has 1 saturated heterocycles. The third-order valence-corrected chi connectivity index (χ3v) is 5.23. The molecule has 2 aliphatic rings. The molecule has 2 amide bonds. The van der Waals surface area contributed by atoms with Gasteiger partial charge < -0.3 is 14.6 Å². The van der Waals surface area contributed by atoms with Crippen LogP contribution in [0.15, 0.2) is 18.5 Å². The van der Waals surface area contributed by atoms with E-state index in [2.05, 4.69) is 10.3 Å². The first-order valence-electron chi connectivity index (χ1n) is 7.97. The van der Waals surface area contributed by atoms with Gasteiger partial charge >= 0.3 is 0 Å². The normalized spacial score (nSPS) is 23.9. The van der Waals surface area contributed by atoms with E-state index < -0.39 is 0 Å². The van der Waals surface area contributed by atoms with Crippen molar-refractivity contribution in [1.82, 2.24) is 19.6 Å². The summed E-state index contributed by atoms with van der Waals surface area (Å²) in [6, 6.07) is 1.66. The molecule has 4 rings (SSSR count). The number of nitrogens with zero attached hydrogens (tertiary/aromatic N) is 3. The Morgan fingerprint density at radius 2 is 2.04 bits per heavy atom. The summed E-state index contributed by atoms with van der Waals surface area (Å²) in [6.07, 6.45) is 7.21. The fourth-order valence-corrected chi connectivity index (χ4v) is 4.20. The summed E-state index contributed by atoms with van der Waals surface area (Å²) in [5.74, 6) is -0.353. The van der Waals surface area contributed by atoms with Gasteiger partial charge in [0.25, 0.3) is 5.91 Å². The molecule has 6 nitrogen and oxygen atoms in total. The molecule has 1 aliphatic heterocycles. The van der Waals surface area contributed by atoms with Crippen molar-refractivity contribution in [2.45, 2.75) is 37.8 Å². The molecule has 3 heterocycles. The maximum Gasteiger partial charge on any atom is 0.274 e. The number of piperazine rings is 1. The first kappa shape index (κ1) is 15.7. The van der Waals surface area contributed by atoms with Gasteiger partial charge in [0.15, 0.2) is 5.65 Å². The lowest BCUT2D eigenvalue weighted by Gasteiger charge is -2.43. The first-order valence-corrected chi connectivity index (χ1v) is 8.72. The second kappa shape index (κ2) is 5.93. The molecule has 2 aromatic heterocycles. The fraction of sp³-hybridized carbons (Fsp3) is 0.438. The molecule has 2 aromatic rings. The number of fused-ring (bicyclic) bond motifs is 2. The smallest absolute Gasteiger partial charge is 0.274 e. The summed E-state index contributed by atoms with van der Waals surface area (Å²) in [5, 5.41) is 3.85. The average molecular weight is 367 g/mol. The zero-order chi connectivity index (χ0) is 16.8.